The zero-order valence-electron chi connectivity index (χ0n) is 29.1. The van der Waals surface area contributed by atoms with Crippen molar-refractivity contribution in [3.63, 3.8) is 0 Å². The first kappa shape index (κ1) is 36.8. The molecule has 1 heterocycles. The molecule has 0 aromatic heterocycles. The Balaban J connectivity index is 1.02. The van der Waals surface area contributed by atoms with Gasteiger partial charge >= 0.3 is 0 Å². The fourth-order valence-electron chi connectivity index (χ4n) is 6.11. The van der Waals surface area contributed by atoms with Crippen LogP contribution < -0.4 is 16.4 Å². The number of aliphatic hydroxyl groups excluding tert-OH is 1. The van der Waals surface area contributed by atoms with Crippen molar-refractivity contribution < 1.29 is 24.2 Å². The Hall–Kier alpha value is -4.93. The smallest absolute Gasteiger partial charge is 0.224 e. The minimum Gasteiger partial charge on any atom is -0.397 e. The molecule has 8 nitrogen and oxygen atoms in total. The third-order valence-corrected chi connectivity index (χ3v) is 10.2. The molecule has 0 unspecified atom stereocenters. The fourth-order valence-corrected chi connectivity index (χ4v) is 7.05. The van der Waals surface area contributed by atoms with Crippen molar-refractivity contribution in [2.45, 2.75) is 68.6 Å². The highest BCUT2D eigenvalue weighted by Crippen LogP contribution is 2.40. The predicted molar refractivity (Wildman–Crippen MR) is 207 cm³/mol. The van der Waals surface area contributed by atoms with E-state index >= 15 is 0 Å². The SMILES string of the molecule is Nc1ccccc1NC(=O)CCCCC(=O)NCc1cccc(-c2ccc([C@@H]3O[C@H](CSc4ccccc4)C[C@H](c4ccc(CO)cc4)O3)cc2)c1. The highest BCUT2D eigenvalue weighted by atomic mass is 32.2. The maximum Gasteiger partial charge on any atom is 0.224 e. The molecule has 268 valence electrons. The molecule has 0 saturated carbocycles. The number of rotatable bonds is 15. The van der Waals surface area contributed by atoms with Crippen LogP contribution in [0.15, 0.2) is 132 Å². The molecule has 2 amide bonds. The Kier molecular flexibility index (Phi) is 13.1. The lowest BCUT2D eigenvalue weighted by molar-refractivity contribution is -0.245. The van der Waals surface area contributed by atoms with Crippen LogP contribution in [0.2, 0.25) is 0 Å². The van der Waals surface area contributed by atoms with Crippen molar-refractivity contribution in [1.29, 1.82) is 0 Å². The third-order valence-electron chi connectivity index (χ3n) is 9.02. The van der Waals surface area contributed by atoms with Crippen LogP contribution >= 0.6 is 11.8 Å². The highest BCUT2D eigenvalue weighted by Gasteiger charge is 2.32. The van der Waals surface area contributed by atoms with Crippen molar-refractivity contribution in [3.8, 4) is 11.1 Å². The van der Waals surface area contributed by atoms with E-state index in [1.807, 2.05) is 66.7 Å². The number of aliphatic hydroxyl groups is 1. The van der Waals surface area contributed by atoms with Gasteiger partial charge in [0, 0.05) is 42.0 Å². The summed E-state index contributed by atoms with van der Waals surface area (Å²) in [6, 6.07) is 41.9. The number of nitrogens with two attached hydrogens (primary N) is 1. The molecular weight excluding hydrogens is 671 g/mol. The summed E-state index contributed by atoms with van der Waals surface area (Å²) in [6.07, 6.45) is 1.97. The van der Waals surface area contributed by atoms with E-state index in [4.69, 9.17) is 15.2 Å². The van der Waals surface area contributed by atoms with Gasteiger partial charge in [-0.25, -0.2) is 0 Å². The van der Waals surface area contributed by atoms with Gasteiger partial charge in [0.2, 0.25) is 11.8 Å². The molecule has 0 bridgehead atoms. The van der Waals surface area contributed by atoms with Gasteiger partial charge in [0.25, 0.3) is 0 Å². The predicted octanol–water partition coefficient (Wildman–Crippen LogP) is 8.58. The Morgan fingerprint density at radius 2 is 1.44 bits per heavy atom. The van der Waals surface area contributed by atoms with Crippen LogP contribution in [0.1, 0.15) is 66.8 Å². The Bertz CT molecular complexity index is 1900. The van der Waals surface area contributed by atoms with Gasteiger partial charge in [-0.05, 0) is 71.0 Å². The van der Waals surface area contributed by atoms with E-state index < -0.39 is 6.29 Å². The average molecular weight is 716 g/mol. The van der Waals surface area contributed by atoms with Crippen molar-refractivity contribution in [3.05, 3.63) is 150 Å². The van der Waals surface area contributed by atoms with Crippen LogP contribution in [-0.2, 0) is 32.2 Å². The number of ether oxygens (including phenoxy) is 2. The minimum atomic E-state index is -0.523. The van der Waals surface area contributed by atoms with Crippen molar-refractivity contribution in [2.75, 3.05) is 16.8 Å². The van der Waals surface area contributed by atoms with Gasteiger partial charge < -0.3 is 30.9 Å². The van der Waals surface area contributed by atoms with Crippen LogP contribution in [0.3, 0.4) is 0 Å². The lowest BCUT2D eigenvalue weighted by Crippen LogP contribution is -2.31. The first-order chi connectivity index (χ1) is 25.4. The van der Waals surface area contributed by atoms with Crippen LogP contribution in [0.5, 0.6) is 0 Å². The van der Waals surface area contributed by atoms with Gasteiger partial charge in [0.05, 0.1) is 30.2 Å². The van der Waals surface area contributed by atoms with Gasteiger partial charge in [-0.1, -0.05) is 97.1 Å². The largest absolute Gasteiger partial charge is 0.397 e. The number of carbonyl (C=O) groups is 2. The van der Waals surface area contributed by atoms with Crippen molar-refractivity contribution in [2.24, 2.45) is 0 Å². The molecule has 1 aliphatic rings. The fraction of sp³-hybridized carbons (Fsp3) is 0.256. The molecule has 9 heteroatoms. The van der Waals surface area contributed by atoms with Crippen molar-refractivity contribution in [1.82, 2.24) is 5.32 Å². The topological polar surface area (TPSA) is 123 Å². The summed E-state index contributed by atoms with van der Waals surface area (Å²) in [5.74, 6) is 0.648. The summed E-state index contributed by atoms with van der Waals surface area (Å²) in [4.78, 5) is 26.0. The lowest BCUT2D eigenvalue weighted by Gasteiger charge is -2.36. The van der Waals surface area contributed by atoms with Crippen molar-refractivity contribution >= 4 is 35.0 Å². The Morgan fingerprint density at radius 3 is 2.19 bits per heavy atom. The molecule has 6 rings (SSSR count). The van der Waals surface area contributed by atoms with Crippen LogP contribution in [0.4, 0.5) is 11.4 Å². The highest BCUT2D eigenvalue weighted by molar-refractivity contribution is 7.99. The zero-order valence-corrected chi connectivity index (χ0v) is 29.9. The summed E-state index contributed by atoms with van der Waals surface area (Å²) in [6.45, 7) is 0.429. The molecule has 5 aromatic rings. The lowest BCUT2D eigenvalue weighted by atomic mass is 9.99. The standard InChI is InChI=1S/C43H45N3O5S/c44-38-13-4-5-14-39(38)46-42(49)16-7-6-15-41(48)45-27-31-9-8-10-35(25-31)32-21-23-34(24-22-32)43-50-36(29-52-37-11-2-1-3-12-37)26-40(51-43)33-19-17-30(28-47)18-20-33/h1-5,8-14,17-25,36,40,43,47H,6-7,15-16,26-29,44H2,(H,45,48)(H,46,49)/t36-,40+,43+/m0/s1. The van der Waals surface area contributed by atoms with E-state index in [9.17, 15) is 14.7 Å². The monoisotopic (exact) mass is 715 g/mol. The molecular formula is C43H45N3O5S. The number of hydrogen-bond donors (Lipinski definition) is 4. The number of nitrogens with one attached hydrogen (secondary N) is 2. The minimum absolute atomic E-state index is 0.00728. The second-order valence-corrected chi connectivity index (χ2v) is 14.0. The summed E-state index contributed by atoms with van der Waals surface area (Å²) >= 11 is 1.78. The normalized spacial score (nSPS) is 17.0. The number of hydrogen-bond acceptors (Lipinski definition) is 7. The summed E-state index contributed by atoms with van der Waals surface area (Å²) in [7, 11) is 0. The third kappa shape index (κ3) is 10.6. The van der Waals surface area contributed by atoms with Crippen LogP contribution in [0.25, 0.3) is 11.1 Å². The Labute approximate surface area is 309 Å². The van der Waals surface area contributed by atoms with Gasteiger partial charge in [0.1, 0.15) is 0 Å². The van der Waals surface area contributed by atoms with E-state index in [1.54, 1.807) is 23.9 Å². The number of unbranched alkanes of at least 4 members (excludes halogenated alkanes) is 1. The molecule has 52 heavy (non-hydrogen) atoms. The van der Waals surface area contributed by atoms with Gasteiger partial charge in [0.15, 0.2) is 6.29 Å². The maximum atomic E-state index is 12.6. The second kappa shape index (κ2) is 18.5. The Morgan fingerprint density at radius 1 is 0.731 bits per heavy atom. The molecule has 1 saturated heterocycles. The van der Waals surface area contributed by atoms with E-state index in [2.05, 4.69) is 59.2 Å². The molecule has 0 radical (unpaired) electrons. The molecule has 5 aromatic carbocycles. The first-order valence-electron chi connectivity index (χ1n) is 17.7. The number of carbonyl (C=O) groups excluding carboxylic acids is 2. The van der Waals surface area contributed by atoms with E-state index in [0.29, 0.717) is 43.6 Å². The quantitative estimate of drug-likeness (QED) is 0.0487. The molecule has 3 atom stereocenters. The van der Waals surface area contributed by atoms with Crippen LogP contribution in [-0.4, -0.2) is 28.8 Å². The number of thioether (sulfide) groups is 1. The number of para-hydroxylation sites is 2. The number of amides is 2. The molecule has 0 spiro atoms. The first-order valence-corrected chi connectivity index (χ1v) is 18.7. The second-order valence-electron chi connectivity index (χ2n) is 12.9. The van der Waals surface area contributed by atoms with E-state index in [-0.39, 0.29) is 30.6 Å². The number of anilines is 2. The molecule has 1 fully saturated rings. The number of nitrogen functional groups attached to an aromatic ring is 1. The maximum absolute atomic E-state index is 12.6. The molecule has 1 aliphatic heterocycles. The summed E-state index contributed by atoms with van der Waals surface area (Å²) < 4.78 is 13.1. The number of benzene rings is 5. The van der Waals surface area contributed by atoms with E-state index in [0.717, 1.165) is 45.6 Å². The average Bonchev–Trinajstić information content (AvgIpc) is 3.19. The van der Waals surface area contributed by atoms with Crippen LogP contribution in [0, 0.1) is 0 Å². The van der Waals surface area contributed by atoms with Gasteiger partial charge in [-0.2, -0.15) is 0 Å². The summed E-state index contributed by atoms with van der Waals surface area (Å²) in [5.41, 5.74) is 13.0. The molecule has 0 aliphatic carbocycles. The van der Waals surface area contributed by atoms with Gasteiger partial charge in [-0.3, -0.25) is 9.59 Å². The van der Waals surface area contributed by atoms with E-state index in [1.165, 1.54) is 4.90 Å². The molecule has 5 N–H and O–H groups in total. The zero-order chi connectivity index (χ0) is 36.1. The van der Waals surface area contributed by atoms with Gasteiger partial charge in [-0.15, -0.1) is 11.8 Å². The summed E-state index contributed by atoms with van der Waals surface area (Å²) in [5, 5.41) is 15.4.